The summed E-state index contributed by atoms with van der Waals surface area (Å²) in [5.74, 6) is -0.774. The van der Waals surface area contributed by atoms with Gasteiger partial charge in [-0.1, -0.05) is 22.0 Å². The number of anilines is 1. The largest absolute Gasteiger partial charge is 0.490 e. The first-order chi connectivity index (χ1) is 17.8. The molecule has 0 bridgehead atoms. The zero-order valence-electron chi connectivity index (χ0n) is 19.5. The number of nitro benzene ring substituents is 1. The quantitative estimate of drug-likeness (QED) is 0.176. The lowest BCUT2D eigenvalue weighted by atomic mass is 10.1. The highest BCUT2D eigenvalue weighted by molar-refractivity contribution is 9.10. The predicted octanol–water partition coefficient (Wildman–Crippen LogP) is 5.00. The molecule has 0 unspecified atom stereocenters. The molecule has 0 spiro atoms. The summed E-state index contributed by atoms with van der Waals surface area (Å²) in [4.78, 5) is 49.2. The van der Waals surface area contributed by atoms with Crippen LogP contribution in [0.5, 0.6) is 11.5 Å². The van der Waals surface area contributed by atoms with Crippen molar-refractivity contribution in [2.75, 3.05) is 11.5 Å². The summed E-state index contributed by atoms with van der Waals surface area (Å²) in [5, 5.41) is 13.0. The number of ether oxygens (including phenoxy) is 2. The van der Waals surface area contributed by atoms with Crippen molar-refractivity contribution in [2.24, 2.45) is 0 Å². The zero-order chi connectivity index (χ0) is 26.5. The third-order valence-electron chi connectivity index (χ3n) is 5.31. The molecule has 1 aliphatic heterocycles. The molecule has 1 aliphatic rings. The SMILES string of the molecule is CCOc1cc(/C=C2\C(=O)NC(=O)N(c3ccc(Br)cc3)C2=O)ccc1OCc1ccc([N+](=O)[O-])cc1. The number of nitrogens with one attached hydrogen (secondary N) is 1. The van der Waals surface area contributed by atoms with Crippen molar-refractivity contribution in [3.63, 3.8) is 0 Å². The minimum Gasteiger partial charge on any atom is -0.490 e. The van der Waals surface area contributed by atoms with Gasteiger partial charge < -0.3 is 9.47 Å². The number of hydrogen-bond donors (Lipinski definition) is 1. The Morgan fingerprint density at radius 3 is 2.32 bits per heavy atom. The van der Waals surface area contributed by atoms with E-state index in [2.05, 4.69) is 21.2 Å². The number of carbonyl (C=O) groups excluding carboxylic acids is 3. The zero-order valence-corrected chi connectivity index (χ0v) is 21.1. The number of hydrogen-bond acceptors (Lipinski definition) is 7. The fourth-order valence-corrected chi connectivity index (χ4v) is 3.79. The van der Waals surface area contributed by atoms with E-state index in [-0.39, 0.29) is 17.9 Å². The third kappa shape index (κ3) is 5.84. The van der Waals surface area contributed by atoms with E-state index in [9.17, 15) is 24.5 Å². The van der Waals surface area contributed by atoms with E-state index in [4.69, 9.17) is 9.47 Å². The van der Waals surface area contributed by atoms with Gasteiger partial charge in [0.25, 0.3) is 17.5 Å². The molecule has 4 amide bonds. The van der Waals surface area contributed by atoms with Gasteiger partial charge in [0.15, 0.2) is 11.5 Å². The van der Waals surface area contributed by atoms with E-state index in [0.29, 0.717) is 29.4 Å². The van der Waals surface area contributed by atoms with Crippen LogP contribution in [-0.2, 0) is 16.2 Å². The number of barbiturate groups is 1. The number of nitro groups is 1. The van der Waals surface area contributed by atoms with Crippen LogP contribution in [0, 0.1) is 10.1 Å². The number of rotatable bonds is 8. The van der Waals surface area contributed by atoms with Crippen molar-refractivity contribution in [2.45, 2.75) is 13.5 Å². The number of benzene rings is 3. The molecule has 4 rings (SSSR count). The van der Waals surface area contributed by atoms with Gasteiger partial charge in [0.05, 0.1) is 17.2 Å². The van der Waals surface area contributed by atoms with Crippen LogP contribution >= 0.6 is 15.9 Å². The Morgan fingerprint density at radius 1 is 0.973 bits per heavy atom. The van der Waals surface area contributed by atoms with E-state index in [1.54, 1.807) is 61.5 Å². The van der Waals surface area contributed by atoms with Crippen LogP contribution in [0.2, 0.25) is 0 Å². The van der Waals surface area contributed by atoms with Crippen molar-refractivity contribution in [1.82, 2.24) is 5.32 Å². The van der Waals surface area contributed by atoms with Gasteiger partial charge in [0.2, 0.25) is 0 Å². The lowest BCUT2D eigenvalue weighted by Crippen LogP contribution is -2.54. The lowest BCUT2D eigenvalue weighted by molar-refractivity contribution is -0.384. The number of nitrogens with zero attached hydrogens (tertiary/aromatic N) is 2. The van der Waals surface area contributed by atoms with Gasteiger partial charge in [0, 0.05) is 16.6 Å². The number of carbonyl (C=O) groups is 3. The molecule has 0 aromatic heterocycles. The molecule has 11 heteroatoms. The Morgan fingerprint density at radius 2 is 1.68 bits per heavy atom. The predicted molar refractivity (Wildman–Crippen MR) is 138 cm³/mol. The highest BCUT2D eigenvalue weighted by Gasteiger charge is 2.36. The summed E-state index contributed by atoms with van der Waals surface area (Å²) in [7, 11) is 0. The molecule has 37 heavy (non-hydrogen) atoms. The average molecular weight is 566 g/mol. The molecule has 0 radical (unpaired) electrons. The van der Waals surface area contributed by atoms with E-state index < -0.39 is 22.8 Å². The van der Waals surface area contributed by atoms with Crippen molar-refractivity contribution in [3.8, 4) is 11.5 Å². The molecule has 0 saturated carbocycles. The molecule has 3 aromatic carbocycles. The van der Waals surface area contributed by atoms with E-state index in [0.717, 1.165) is 14.9 Å². The molecule has 0 aliphatic carbocycles. The van der Waals surface area contributed by atoms with Crippen molar-refractivity contribution in [1.29, 1.82) is 0 Å². The number of urea groups is 1. The number of halogens is 1. The van der Waals surface area contributed by atoms with Crippen molar-refractivity contribution < 1.29 is 28.8 Å². The summed E-state index contributed by atoms with van der Waals surface area (Å²) in [6.07, 6.45) is 1.37. The first kappa shape index (κ1) is 25.6. The van der Waals surface area contributed by atoms with Crippen molar-refractivity contribution in [3.05, 3.63) is 98.0 Å². The van der Waals surface area contributed by atoms with Gasteiger partial charge in [-0.2, -0.15) is 0 Å². The molecular weight excluding hydrogens is 546 g/mol. The topological polar surface area (TPSA) is 128 Å². The van der Waals surface area contributed by atoms with Crippen LogP contribution in [0.1, 0.15) is 18.1 Å². The fraction of sp³-hybridized carbons (Fsp3) is 0.115. The van der Waals surface area contributed by atoms with Crippen LogP contribution in [0.15, 0.2) is 76.8 Å². The minimum atomic E-state index is -0.834. The average Bonchev–Trinajstić information content (AvgIpc) is 2.87. The molecule has 3 aromatic rings. The molecular formula is C26H20BrN3O7. The van der Waals surface area contributed by atoms with Crippen LogP contribution in [-0.4, -0.2) is 29.4 Å². The van der Waals surface area contributed by atoms with Crippen molar-refractivity contribution >= 4 is 51.2 Å². The van der Waals surface area contributed by atoms with Gasteiger partial charge in [0.1, 0.15) is 12.2 Å². The Bertz CT molecular complexity index is 1400. The van der Waals surface area contributed by atoms with E-state index >= 15 is 0 Å². The molecule has 1 heterocycles. The second kappa shape index (κ2) is 11.0. The van der Waals surface area contributed by atoms with Gasteiger partial charge in [-0.05, 0) is 72.7 Å². The Balaban J connectivity index is 1.57. The standard InChI is InChI=1S/C26H20BrN3O7/c1-2-36-23-14-17(5-12-22(23)37-15-16-3-8-20(9-4-16)30(34)35)13-21-24(31)28-26(33)29(25(21)32)19-10-6-18(27)7-11-19/h3-14H,2,15H2,1H3,(H,28,31,33)/b21-13+. The maximum absolute atomic E-state index is 13.1. The summed E-state index contributed by atoms with van der Waals surface area (Å²) >= 11 is 3.31. The van der Waals surface area contributed by atoms with E-state index in [1.165, 1.54) is 18.2 Å². The van der Waals surface area contributed by atoms with Gasteiger partial charge in [-0.25, -0.2) is 9.69 Å². The Hall–Kier alpha value is -4.51. The van der Waals surface area contributed by atoms with Gasteiger partial charge >= 0.3 is 6.03 Å². The number of imide groups is 2. The minimum absolute atomic E-state index is 0.0159. The normalized spacial score (nSPS) is 14.5. The maximum atomic E-state index is 13.1. The Kier molecular flexibility index (Phi) is 7.63. The second-order valence-electron chi connectivity index (χ2n) is 7.79. The first-order valence-electron chi connectivity index (χ1n) is 11.1. The molecule has 1 fully saturated rings. The van der Waals surface area contributed by atoms with Crippen LogP contribution in [0.25, 0.3) is 6.08 Å². The summed E-state index contributed by atoms with van der Waals surface area (Å²) in [5.41, 5.74) is 1.28. The van der Waals surface area contributed by atoms with Crippen LogP contribution in [0.4, 0.5) is 16.2 Å². The molecule has 1 saturated heterocycles. The fourth-order valence-electron chi connectivity index (χ4n) is 3.53. The molecule has 1 N–H and O–H groups in total. The summed E-state index contributed by atoms with van der Waals surface area (Å²) in [6.45, 7) is 2.27. The van der Waals surface area contributed by atoms with E-state index in [1.807, 2.05) is 0 Å². The highest BCUT2D eigenvalue weighted by Crippen LogP contribution is 2.31. The van der Waals surface area contributed by atoms with Gasteiger partial charge in [-0.15, -0.1) is 0 Å². The number of amides is 4. The Labute approximate surface area is 219 Å². The summed E-state index contributed by atoms with van der Waals surface area (Å²) < 4.78 is 12.3. The monoisotopic (exact) mass is 565 g/mol. The van der Waals surface area contributed by atoms with Gasteiger partial charge in [-0.3, -0.25) is 25.0 Å². The van der Waals surface area contributed by atoms with Crippen LogP contribution in [0.3, 0.4) is 0 Å². The molecule has 0 atom stereocenters. The lowest BCUT2D eigenvalue weighted by Gasteiger charge is -2.26. The third-order valence-corrected chi connectivity index (χ3v) is 5.84. The highest BCUT2D eigenvalue weighted by atomic mass is 79.9. The molecule has 10 nitrogen and oxygen atoms in total. The first-order valence-corrected chi connectivity index (χ1v) is 11.9. The second-order valence-corrected chi connectivity index (χ2v) is 8.70. The number of non-ortho nitro benzene ring substituents is 1. The smallest absolute Gasteiger partial charge is 0.335 e. The van der Waals surface area contributed by atoms with Crippen LogP contribution < -0.4 is 19.7 Å². The summed E-state index contributed by atoms with van der Waals surface area (Å²) in [6, 6.07) is 16.6. The molecule has 188 valence electrons. The maximum Gasteiger partial charge on any atom is 0.335 e.